The molecular formula is C20H38O4S. The Bertz CT molecular complexity index is 445. The Hall–Kier alpha value is -0.580. The largest absolute Gasteiger partial charge is 0.446 e. The van der Waals surface area contributed by atoms with Crippen molar-refractivity contribution in [3.8, 4) is 0 Å². The van der Waals surface area contributed by atoms with Crippen molar-refractivity contribution in [2.24, 2.45) is 0 Å². The minimum absolute atomic E-state index is 0.156. The standard InChI is InChI=1S/C20H38O4S/c1-2-3-4-5-6-7-8-9-10-11-12-13-14-16-19(21)24-20-17-15-18-25(20,22)23/h20H,2-18H2,1H3. The number of rotatable bonds is 15. The highest BCUT2D eigenvalue weighted by molar-refractivity contribution is 7.92. The molecule has 4 nitrogen and oxygen atoms in total. The van der Waals surface area contributed by atoms with Crippen LogP contribution in [0.25, 0.3) is 0 Å². The lowest BCUT2D eigenvalue weighted by molar-refractivity contribution is -0.145. The first-order valence-electron chi connectivity index (χ1n) is 10.5. The second-order valence-electron chi connectivity index (χ2n) is 7.42. The van der Waals surface area contributed by atoms with E-state index in [-0.39, 0.29) is 11.7 Å². The first-order chi connectivity index (χ1) is 12.1. The molecule has 0 aromatic rings. The molecule has 0 aliphatic carbocycles. The molecule has 0 N–H and O–H groups in total. The predicted molar refractivity (Wildman–Crippen MR) is 103 cm³/mol. The van der Waals surface area contributed by atoms with Gasteiger partial charge in [0, 0.05) is 6.42 Å². The zero-order chi connectivity index (χ0) is 18.4. The normalized spacial score (nSPS) is 19.2. The van der Waals surface area contributed by atoms with Crippen LogP contribution in [0.5, 0.6) is 0 Å². The highest BCUT2D eigenvalue weighted by Crippen LogP contribution is 2.22. The van der Waals surface area contributed by atoms with Crippen LogP contribution < -0.4 is 0 Å². The van der Waals surface area contributed by atoms with E-state index in [0.29, 0.717) is 19.3 Å². The zero-order valence-corrected chi connectivity index (χ0v) is 17.0. The second-order valence-corrected chi connectivity index (χ2v) is 9.68. The van der Waals surface area contributed by atoms with E-state index in [1.165, 1.54) is 64.2 Å². The second kappa shape index (κ2) is 13.6. The number of unbranched alkanes of at least 4 members (excludes halogenated alkanes) is 12. The molecule has 1 fully saturated rings. The average molecular weight is 375 g/mol. The van der Waals surface area contributed by atoms with Gasteiger partial charge in [0.05, 0.1) is 5.75 Å². The number of hydrogen-bond acceptors (Lipinski definition) is 4. The van der Waals surface area contributed by atoms with Gasteiger partial charge in [-0.2, -0.15) is 0 Å². The Labute approximate surface area is 155 Å². The van der Waals surface area contributed by atoms with E-state index >= 15 is 0 Å². The molecule has 0 radical (unpaired) electrons. The van der Waals surface area contributed by atoms with Gasteiger partial charge in [0.15, 0.2) is 9.84 Å². The molecule has 1 saturated heterocycles. The summed E-state index contributed by atoms with van der Waals surface area (Å²) < 4.78 is 28.3. The third-order valence-corrected chi connectivity index (χ3v) is 7.01. The highest BCUT2D eigenvalue weighted by Gasteiger charge is 2.34. The van der Waals surface area contributed by atoms with E-state index < -0.39 is 15.3 Å². The SMILES string of the molecule is CCCCCCCCCCCCCCCC(=O)OC1CCCS1(=O)=O. The summed E-state index contributed by atoms with van der Waals surface area (Å²) in [6.45, 7) is 2.25. The van der Waals surface area contributed by atoms with Gasteiger partial charge in [-0.15, -0.1) is 0 Å². The lowest BCUT2D eigenvalue weighted by Gasteiger charge is -2.11. The van der Waals surface area contributed by atoms with Crippen molar-refractivity contribution in [1.82, 2.24) is 0 Å². The summed E-state index contributed by atoms with van der Waals surface area (Å²) >= 11 is 0. The fourth-order valence-corrected chi connectivity index (χ4v) is 5.00. The molecule has 1 aliphatic rings. The Morgan fingerprint density at radius 1 is 0.840 bits per heavy atom. The Morgan fingerprint density at radius 2 is 1.32 bits per heavy atom. The Morgan fingerprint density at radius 3 is 1.76 bits per heavy atom. The average Bonchev–Trinajstić information content (AvgIpc) is 2.90. The minimum Gasteiger partial charge on any atom is -0.446 e. The van der Waals surface area contributed by atoms with Crippen LogP contribution >= 0.6 is 0 Å². The summed E-state index contributed by atoms with van der Waals surface area (Å²) in [5, 5.41) is 0. The van der Waals surface area contributed by atoms with Gasteiger partial charge < -0.3 is 4.74 Å². The number of carbonyl (C=O) groups is 1. The van der Waals surface area contributed by atoms with Gasteiger partial charge in [-0.05, 0) is 19.3 Å². The molecule has 0 bridgehead atoms. The maximum absolute atomic E-state index is 11.7. The van der Waals surface area contributed by atoms with Crippen molar-refractivity contribution in [2.75, 3.05) is 5.75 Å². The van der Waals surface area contributed by atoms with Crippen molar-refractivity contribution >= 4 is 15.8 Å². The highest BCUT2D eigenvalue weighted by atomic mass is 32.2. The molecule has 0 amide bonds. The van der Waals surface area contributed by atoms with Crippen LogP contribution in [-0.4, -0.2) is 25.6 Å². The number of sulfone groups is 1. The van der Waals surface area contributed by atoms with Crippen molar-refractivity contribution in [3.05, 3.63) is 0 Å². The van der Waals surface area contributed by atoms with Crippen LogP contribution in [0.4, 0.5) is 0 Å². The third-order valence-electron chi connectivity index (χ3n) is 5.02. The molecule has 0 aromatic carbocycles. The van der Waals surface area contributed by atoms with E-state index in [1.807, 2.05) is 0 Å². The molecule has 0 spiro atoms. The van der Waals surface area contributed by atoms with Crippen LogP contribution in [0, 0.1) is 0 Å². The maximum atomic E-state index is 11.7. The van der Waals surface area contributed by atoms with E-state index in [1.54, 1.807) is 0 Å². The maximum Gasteiger partial charge on any atom is 0.307 e. The van der Waals surface area contributed by atoms with Gasteiger partial charge >= 0.3 is 5.97 Å². The molecule has 1 aliphatic heterocycles. The van der Waals surface area contributed by atoms with Gasteiger partial charge in [-0.3, -0.25) is 4.79 Å². The number of ether oxygens (including phenoxy) is 1. The molecule has 1 unspecified atom stereocenters. The summed E-state index contributed by atoms with van der Waals surface area (Å²) in [6, 6.07) is 0. The van der Waals surface area contributed by atoms with E-state index in [2.05, 4.69) is 6.92 Å². The zero-order valence-electron chi connectivity index (χ0n) is 16.1. The first-order valence-corrected chi connectivity index (χ1v) is 12.2. The molecule has 1 atom stereocenters. The van der Waals surface area contributed by atoms with E-state index in [4.69, 9.17) is 4.74 Å². The Kier molecular flexibility index (Phi) is 12.2. The van der Waals surface area contributed by atoms with Gasteiger partial charge in [-0.25, -0.2) is 8.42 Å². The molecule has 1 heterocycles. The fraction of sp³-hybridized carbons (Fsp3) is 0.950. The summed E-state index contributed by atoms with van der Waals surface area (Å²) in [7, 11) is -3.18. The van der Waals surface area contributed by atoms with E-state index in [9.17, 15) is 13.2 Å². The van der Waals surface area contributed by atoms with E-state index in [0.717, 1.165) is 19.3 Å². The van der Waals surface area contributed by atoms with Crippen molar-refractivity contribution in [3.63, 3.8) is 0 Å². The molecule has 5 heteroatoms. The molecule has 148 valence electrons. The predicted octanol–water partition coefficient (Wildman–Crippen LogP) is 5.55. The van der Waals surface area contributed by atoms with Gasteiger partial charge in [-0.1, -0.05) is 84.0 Å². The Balaban J connectivity index is 1.85. The summed E-state index contributed by atoms with van der Waals surface area (Å²) in [5.41, 5.74) is -0.873. The smallest absolute Gasteiger partial charge is 0.307 e. The van der Waals surface area contributed by atoms with Crippen molar-refractivity contribution < 1.29 is 17.9 Å². The summed E-state index contributed by atoms with van der Waals surface area (Å²) in [5.74, 6) is -0.192. The summed E-state index contributed by atoms with van der Waals surface area (Å²) in [6.07, 6.45) is 17.9. The molecule has 25 heavy (non-hydrogen) atoms. The monoisotopic (exact) mass is 374 g/mol. The van der Waals surface area contributed by atoms with Crippen LogP contribution in [0.1, 0.15) is 110 Å². The van der Waals surface area contributed by atoms with Crippen molar-refractivity contribution in [2.45, 2.75) is 115 Å². The summed E-state index contributed by atoms with van der Waals surface area (Å²) in [4.78, 5) is 11.7. The van der Waals surface area contributed by atoms with Crippen LogP contribution in [0.15, 0.2) is 0 Å². The van der Waals surface area contributed by atoms with Crippen LogP contribution in [0.3, 0.4) is 0 Å². The quantitative estimate of drug-likeness (QED) is 0.279. The van der Waals surface area contributed by atoms with Gasteiger partial charge in [0.2, 0.25) is 5.44 Å². The third kappa shape index (κ3) is 10.9. The molecule has 1 rings (SSSR count). The number of esters is 1. The van der Waals surface area contributed by atoms with Crippen LogP contribution in [0.2, 0.25) is 0 Å². The first kappa shape index (κ1) is 22.5. The number of hydrogen-bond donors (Lipinski definition) is 0. The number of carbonyl (C=O) groups excluding carboxylic acids is 1. The lowest BCUT2D eigenvalue weighted by Crippen LogP contribution is -2.23. The van der Waals surface area contributed by atoms with Crippen LogP contribution in [-0.2, 0) is 19.4 Å². The topological polar surface area (TPSA) is 60.4 Å². The van der Waals surface area contributed by atoms with Crippen molar-refractivity contribution in [1.29, 1.82) is 0 Å². The van der Waals surface area contributed by atoms with Gasteiger partial charge in [0.1, 0.15) is 0 Å². The lowest BCUT2D eigenvalue weighted by atomic mass is 10.0. The molecule has 0 aromatic heterocycles. The molecular weight excluding hydrogens is 336 g/mol. The minimum atomic E-state index is -3.18. The molecule has 0 saturated carbocycles. The van der Waals surface area contributed by atoms with Gasteiger partial charge in [0.25, 0.3) is 0 Å². The fourth-order valence-electron chi connectivity index (χ4n) is 3.39.